The zero-order chi connectivity index (χ0) is 11.3. The van der Waals surface area contributed by atoms with Crippen LogP contribution in [-0.4, -0.2) is 20.0 Å². The van der Waals surface area contributed by atoms with Gasteiger partial charge in [0.1, 0.15) is 11.5 Å². The van der Waals surface area contributed by atoms with Crippen molar-refractivity contribution in [1.29, 1.82) is 0 Å². The number of hydrogen-bond acceptors (Lipinski definition) is 3. The fourth-order valence-corrected chi connectivity index (χ4v) is 1.12. The van der Waals surface area contributed by atoms with E-state index in [2.05, 4.69) is 13.8 Å². The minimum Gasteiger partial charge on any atom is -0.497 e. The molecule has 0 fully saturated rings. The van der Waals surface area contributed by atoms with Crippen molar-refractivity contribution in [2.24, 2.45) is 5.92 Å². The van der Waals surface area contributed by atoms with Crippen LogP contribution in [0.3, 0.4) is 0 Å². The highest BCUT2D eigenvalue weighted by Gasteiger charge is 2.05. The van der Waals surface area contributed by atoms with Gasteiger partial charge in [-0.25, -0.2) is 0 Å². The third kappa shape index (κ3) is 3.27. The molecule has 15 heavy (non-hydrogen) atoms. The number of methoxy groups -OCH3 is 1. The first-order valence-electron chi connectivity index (χ1n) is 4.93. The lowest BCUT2D eigenvalue weighted by Crippen LogP contribution is -2.06. The minimum atomic E-state index is 0.427. The summed E-state index contributed by atoms with van der Waals surface area (Å²) in [5, 5.41) is 0. The molecule has 0 saturated carbocycles. The normalized spacial score (nSPS) is 10.1. The molecule has 0 amide bonds. The zero-order valence-corrected chi connectivity index (χ0v) is 9.32. The third-order valence-electron chi connectivity index (χ3n) is 1.92. The summed E-state index contributed by atoms with van der Waals surface area (Å²) < 4.78 is 10.6. The Labute approximate surface area is 90.0 Å². The Morgan fingerprint density at radius 1 is 1.40 bits per heavy atom. The van der Waals surface area contributed by atoms with Crippen molar-refractivity contribution >= 4 is 6.29 Å². The monoisotopic (exact) mass is 208 g/mol. The number of ether oxygens (including phenoxy) is 2. The van der Waals surface area contributed by atoms with Gasteiger partial charge in [0.2, 0.25) is 0 Å². The Morgan fingerprint density at radius 3 is 2.67 bits per heavy atom. The van der Waals surface area contributed by atoms with Gasteiger partial charge in [-0.3, -0.25) is 4.79 Å². The van der Waals surface area contributed by atoms with E-state index in [1.165, 1.54) is 0 Å². The molecule has 0 N–H and O–H groups in total. The van der Waals surface area contributed by atoms with Gasteiger partial charge in [0.05, 0.1) is 19.3 Å². The first-order valence-corrected chi connectivity index (χ1v) is 4.93. The van der Waals surface area contributed by atoms with Crippen LogP contribution in [0.5, 0.6) is 11.5 Å². The summed E-state index contributed by atoms with van der Waals surface area (Å²) in [5.74, 6) is 1.70. The molecule has 0 unspecified atom stereocenters. The Hall–Kier alpha value is -1.51. The van der Waals surface area contributed by atoms with Crippen molar-refractivity contribution in [2.45, 2.75) is 13.8 Å². The largest absolute Gasteiger partial charge is 0.497 e. The van der Waals surface area contributed by atoms with Crippen LogP contribution in [0.2, 0.25) is 0 Å². The summed E-state index contributed by atoms with van der Waals surface area (Å²) in [6, 6.07) is 5.17. The van der Waals surface area contributed by atoms with E-state index < -0.39 is 0 Å². The van der Waals surface area contributed by atoms with Crippen LogP contribution >= 0.6 is 0 Å². The molecule has 0 spiro atoms. The topological polar surface area (TPSA) is 35.5 Å². The van der Waals surface area contributed by atoms with Crippen LogP contribution in [0.4, 0.5) is 0 Å². The number of benzene rings is 1. The van der Waals surface area contributed by atoms with Crippen LogP contribution < -0.4 is 9.47 Å². The first kappa shape index (κ1) is 11.6. The molecular formula is C12H16O3. The summed E-state index contributed by atoms with van der Waals surface area (Å²) in [6.45, 7) is 4.70. The Balaban J connectivity index is 2.86. The molecule has 0 atom stereocenters. The summed E-state index contributed by atoms with van der Waals surface area (Å²) in [4.78, 5) is 10.8. The SMILES string of the molecule is COc1ccc(C=O)c(OCC(C)C)c1. The van der Waals surface area contributed by atoms with Gasteiger partial charge in [0, 0.05) is 6.07 Å². The minimum absolute atomic E-state index is 0.427. The van der Waals surface area contributed by atoms with Crippen LogP contribution in [0.15, 0.2) is 18.2 Å². The molecule has 0 radical (unpaired) electrons. The lowest BCUT2D eigenvalue weighted by atomic mass is 10.2. The maximum Gasteiger partial charge on any atom is 0.153 e. The molecule has 0 saturated heterocycles. The summed E-state index contributed by atoms with van der Waals surface area (Å²) >= 11 is 0. The molecule has 0 aliphatic rings. The molecule has 82 valence electrons. The Morgan fingerprint density at radius 2 is 2.13 bits per heavy atom. The first-order chi connectivity index (χ1) is 7.17. The van der Waals surface area contributed by atoms with Crippen LogP contribution in [0.25, 0.3) is 0 Å². The summed E-state index contributed by atoms with van der Waals surface area (Å²) in [5.41, 5.74) is 0.552. The zero-order valence-electron chi connectivity index (χ0n) is 9.32. The second-order valence-corrected chi connectivity index (χ2v) is 3.73. The number of carbonyl (C=O) groups is 1. The van der Waals surface area contributed by atoms with Crippen molar-refractivity contribution < 1.29 is 14.3 Å². The molecule has 1 rings (SSSR count). The number of aldehydes is 1. The molecule has 0 aliphatic carbocycles. The third-order valence-corrected chi connectivity index (χ3v) is 1.92. The lowest BCUT2D eigenvalue weighted by Gasteiger charge is -2.11. The second-order valence-electron chi connectivity index (χ2n) is 3.73. The predicted octanol–water partition coefficient (Wildman–Crippen LogP) is 2.54. The molecule has 0 aromatic heterocycles. The van der Waals surface area contributed by atoms with E-state index in [1.807, 2.05) is 0 Å². The lowest BCUT2D eigenvalue weighted by molar-refractivity contribution is 0.111. The van der Waals surface area contributed by atoms with E-state index in [0.29, 0.717) is 29.6 Å². The summed E-state index contributed by atoms with van der Waals surface area (Å²) in [7, 11) is 1.59. The molecular weight excluding hydrogens is 192 g/mol. The van der Waals surface area contributed by atoms with Crippen molar-refractivity contribution in [2.75, 3.05) is 13.7 Å². The van der Waals surface area contributed by atoms with E-state index in [-0.39, 0.29) is 0 Å². The quantitative estimate of drug-likeness (QED) is 0.697. The van der Waals surface area contributed by atoms with Gasteiger partial charge in [-0.1, -0.05) is 13.8 Å². The number of rotatable bonds is 5. The molecule has 3 nitrogen and oxygen atoms in total. The second kappa shape index (κ2) is 5.39. The molecule has 1 aromatic carbocycles. The van der Waals surface area contributed by atoms with Crippen molar-refractivity contribution in [3.63, 3.8) is 0 Å². The standard InChI is InChI=1S/C12H16O3/c1-9(2)8-15-12-6-11(14-3)5-4-10(12)7-13/h4-7,9H,8H2,1-3H3. The van der Waals surface area contributed by atoms with Gasteiger partial charge in [-0.15, -0.1) is 0 Å². The molecule has 0 bridgehead atoms. The van der Waals surface area contributed by atoms with Gasteiger partial charge >= 0.3 is 0 Å². The van der Waals surface area contributed by atoms with Gasteiger partial charge in [0.25, 0.3) is 0 Å². The van der Waals surface area contributed by atoms with E-state index in [1.54, 1.807) is 25.3 Å². The highest BCUT2D eigenvalue weighted by Crippen LogP contribution is 2.23. The van der Waals surface area contributed by atoms with Crippen LogP contribution in [0, 0.1) is 5.92 Å². The van der Waals surface area contributed by atoms with Crippen molar-refractivity contribution in [1.82, 2.24) is 0 Å². The number of carbonyl (C=O) groups excluding carboxylic acids is 1. The Kier molecular flexibility index (Phi) is 4.16. The van der Waals surface area contributed by atoms with Crippen LogP contribution in [0.1, 0.15) is 24.2 Å². The fourth-order valence-electron chi connectivity index (χ4n) is 1.12. The molecule has 3 heteroatoms. The van der Waals surface area contributed by atoms with Crippen molar-refractivity contribution in [3.8, 4) is 11.5 Å². The maximum atomic E-state index is 10.8. The summed E-state index contributed by atoms with van der Waals surface area (Å²) in [6.07, 6.45) is 0.787. The van der Waals surface area contributed by atoms with E-state index in [0.717, 1.165) is 6.29 Å². The fraction of sp³-hybridized carbons (Fsp3) is 0.417. The smallest absolute Gasteiger partial charge is 0.153 e. The molecule has 1 aromatic rings. The average Bonchev–Trinajstić information content (AvgIpc) is 2.25. The van der Waals surface area contributed by atoms with E-state index in [9.17, 15) is 4.79 Å². The molecule has 0 heterocycles. The van der Waals surface area contributed by atoms with Gasteiger partial charge in [0.15, 0.2) is 6.29 Å². The van der Waals surface area contributed by atoms with Gasteiger partial charge < -0.3 is 9.47 Å². The highest BCUT2D eigenvalue weighted by atomic mass is 16.5. The molecule has 0 aliphatic heterocycles. The van der Waals surface area contributed by atoms with Crippen molar-refractivity contribution in [3.05, 3.63) is 23.8 Å². The van der Waals surface area contributed by atoms with Crippen LogP contribution in [-0.2, 0) is 0 Å². The van der Waals surface area contributed by atoms with Gasteiger partial charge in [-0.05, 0) is 18.1 Å². The Bertz CT molecular complexity index is 332. The maximum absolute atomic E-state index is 10.8. The average molecular weight is 208 g/mol. The van der Waals surface area contributed by atoms with E-state index >= 15 is 0 Å². The number of hydrogen-bond donors (Lipinski definition) is 0. The predicted molar refractivity (Wildman–Crippen MR) is 58.7 cm³/mol. The van der Waals surface area contributed by atoms with Gasteiger partial charge in [-0.2, -0.15) is 0 Å². The van der Waals surface area contributed by atoms with E-state index in [4.69, 9.17) is 9.47 Å². The highest BCUT2D eigenvalue weighted by molar-refractivity contribution is 5.79.